The van der Waals surface area contributed by atoms with Crippen LogP contribution in [-0.2, 0) is 5.41 Å². The van der Waals surface area contributed by atoms with Crippen molar-refractivity contribution in [2.45, 2.75) is 19.3 Å². The highest BCUT2D eigenvalue weighted by atomic mass is 16.3. The fourth-order valence-corrected chi connectivity index (χ4v) is 8.32. The number of para-hydroxylation sites is 1. The van der Waals surface area contributed by atoms with Gasteiger partial charge in [0.05, 0.1) is 5.69 Å². The van der Waals surface area contributed by atoms with E-state index >= 15 is 0 Å². The zero-order chi connectivity index (χ0) is 32.7. The summed E-state index contributed by atoms with van der Waals surface area (Å²) in [6.45, 7) is 4.70. The highest BCUT2D eigenvalue weighted by Gasteiger charge is 2.37. The fraction of sp³-hybridized carbons (Fsp3) is 0.0638. The molecule has 0 saturated carbocycles. The number of fused-ring (bicyclic) bond motifs is 9. The molecule has 2 nitrogen and oxygen atoms in total. The number of rotatable bonds is 4. The molecular weight excluding hydrogens is 595 g/mol. The predicted molar refractivity (Wildman–Crippen MR) is 206 cm³/mol. The van der Waals surface area contributed by atoms with Gasteiger partial charge in [-0.25, -0.2) is 0 Å². The highest BCUT2D eigenvalue weighted by molar-refractivity contribution is 6.19. The van der Waals surface area contributed by atoms with E-state index in [1.165, 1.54) is 66.0 Å². The molecule has 0 atom stereocenters. The molecule has 8 aromatic carbocycles. The Labute approximate surface area is 285 Å². The number of hydrogen-bond acceptors (Lipinski definition) is 2. The van der Waals surface area contributed by atoms with Gasteiger partial charge in [-0.05, 0) is 91.8 Å². The second-order valence-corrected chi connectivity index (χ2v) is 13.7. The first-order chi connectivity index (χ1) is 24.1. The van der Waals surface area contributed by atoms with Crippen molar-refractivity contribution < 1.29 is 4.42 Å². The van der Waals surface area contributed by atoms with Gasteiger partial charge in [-0.2, -0.15) is 0 Å². The summed E-state index contributed by atoms with van der Waals surface area (Å²) >= 11 is 0. The third-order valence-electron chi connectivity index (χ3n) is 10.6. The first-order valence-corrected chi connectivity index (χ1v) is 17.0. The van der Waals surface area contributed by atoms with Crippen LogP contribution in [0.5, 0.6) is 0 Å². The van der Waals surface area contributed by atoms with E-state index in [9.17, 15) is 0 Å². The SMILES string of the molecule is CC1(C)c2ccccc2-c2c(N(c3cccc(-c4cccc5ccccc45)c3)c3ccc4c(ccc5oc6ccccc6c54)c3)cccc21. The summed E-state index contributed by atoms with van der Waals surface area (Å²) in [5.41, 5.74) is 12.9. The van der Waals surface area contributed by atoms with Gasteiger partial charge >= 0.3 is 0 Å². The number of hydrogen-bond donors (Lipinski definition) is 0. The molecule has 0 bridgehead atoms. The average molecular weight is 628 g/mol. The summed E-state index contributed by atoms with van der Waals surface area (Å²) in [4.78, 5) is 2.46. The Hall–Kier alpha value is -6.12. The van der Waals surface area contributed by atoms with Crippen molar-refractivity contribution in [2.24, 2.45) is 0 Å². The lowest BCUT2D eigenvalue weighted by atomic mass is 9.82. The molecule has 0 radical (unpaired) electrons. The largest absolute Gasteiger partial charge is 0.456 e. The van der Waals surface area contributed by atoms with Crippen LogP contribution >= 0.6 is 0 Å². The topological polar surface area (TPSA) is 16.4 Å². The Morgan fingerprint density at radius 2 is 1.18 bits per heavy atom. The van der Waals surface area contributed by atoms with Gasteiger partial charge in [-0.15, -0.1) is 0 Å². The second-order valence-electron chi connectivity index (χ2n) is 13.7. The maximum absolute atomic E-state index is 6.26. The lowest BCUT2D eigenvalue weighted by Crippen LogP contribution is -2.16. The third-order valence-corrected chi connectivity index (χ3v) is 10.6. The average Bonchev–Trinajstić information content (AvgIpc) is 3.64. The minimum absolute atomic E-state index is 0.101. The summed E-state index contributed by atoms with van der Waals surface area (Å²) in [7, 11) is 0. The molecule has 10 rings (SSSR count). The maximum atomic E-state index is 6.26. The van der Waals surface area contributed by atoms with Crippen molar-refractivity contribution in [3.05, 3.63) is 175 Å². The van der Waals surface area contributed by atoms with Crippen LogP contribution in [-0.4, -0.2) is 0 Å². The van der Waals surface area contributed by atoms with Gasteiger partial charge in [0.25, 0.3) is 0 Å². The summed E-state index contributed by atoms with van der Waals surface area (Å²) < 4.78 is 6.26. The van der Waals surface area contributed by atoms with Gasteiger partial charge in [0.2, 0.25) is 0 Å². The molecule has 232 valence electrons. The van der Waals surface area contributed by atoms with Gasteiger partial charge < -0.3 is 9.32 Å². The molecule has 49 heavy (non-hydrogen) atoms. The van der Waals surface area contributed by atoms with Crippen molar-refractivity contribution >= 4 is 60.5 Å². The lowest BCUT2D eigenvalue weighted by molar-refractivity contribution is 0.660. The van der Waals surface area contributed by atoms with Crippen LogP contribution in [0.15, 0.2) is 168 Å². The van der Waals surface area contributed by atoms with Crippen molar-refractivity contribution in [2.75, 3.05) is 4.90 Å². The molecule has 0 aliphatic heterocycles. The van der Waals surface area contributed by atoms with E-state index in [2.05, 4.69) is 176 Å². The van der Waals surface area contributed by atoms with Crippen molar-refractivity contribution in [3.63, 3.8) is 0 Å². The Morgan fingerprint density at radius 1 is 0.469 bits per heavy atom. The summed E-state index contributed by atoms with van der Waals surface area (Å²) in [6.07, 6.45) is 0. The van der Waals surface area contributed by atoms with E-state index in [1.54, 1.807) is 0 Å². The van der Waals surface area contributed by atoms with E-state index in [1.807, 2.05) is 6.07 Å². The zero-order valence-electron chi connectivity index (χ0n) is 27.4. The zero-order valence-corrected chi connectivity index (χ0v) is 27.4. The normalized spacial score (nSPS) is 13.3. The molecule has 1 aliphatic carbocycles. The monoisotopic (exact) mass is 627 g/mol. The minimum Gasteiger partial charge on any atom is -0.456 e. The van der Waals surface area contributed by atoms with Crippen molar-refractivity contribution in [1.82, 2.24) is 0 Å². The van der Waals surface area contributed by atoms with Crippen LogP contribution in [0.1, 0.15) is 25.0 Å². The van der Waals surface area contributed by atoms with Crippen LogP contribution in [0.2, 0.25) is 0 Å². The Bertz CT molecular complexity index is 2760. The van der Waals surface area contributed by atoms with E-state index in [-0.39, 0.29) is 5.41 Å². The van der Waals surface area contributed by atoms with Gasteiger partial charge in [0.1, 0.15) is 11.2 Å². The first-order valence-electron chi connectivity index (χ1n) is 17.0. The van der Waals surface area contributed by atoms with E-state index in [0.717, 1.165) is 27.9 Å². The first kappa shape index (κ1) is 27.9. The van der Waals surface area contributed by atoms with Gasteiger partial charge in [-0.1, -0.05) is 135 Å². The third kappa shape index (κ3) is 4.14. The summed E-state index contributed by atoms with van der Waals surface area (Å²) in [5, 5.41) is 7.19. The van der Waals surface area contributed by atoms with E-state index in [0.29, 0.717) is 0 Å². The molecule has 0 unspecified atom stereocenters. The van der Waals surface area contributed by atoms with Crippen LogP contribution < -0.4 is 4.90 Å². The number of anilines is 3. The maximum Gasteiger partial charge on any atom is 0.136 e. The predicted octanol–water partition coefficient (Wildman–Crippen LogP) is 13.3. The molecule has 9 aromatic rings. The molecule has 0 fully saturated rings. The standard InChI is InChI=1S/C47H33NO/c1-47(2)40-20-7-5-17-38(40)46-41(47)21-11-22-42(46)48(33-15-9-14-31(28-33)36-19-10-13-30-12-3-4-16-35(30)36)34-25-26-37-32(29-34)24-27-44-45(37)39-18-6-8-23-43(39)49-44/h3-29H,1-2H3. The fourth-order valence-electron chi connectivity index (χ4n) is 8.32. The Morgan fingerprint density at radius 3 is 2.12 bits per heavy atom. The lowest BCUT2D eigenvalue weighted by Gasteiger charge is -2.29. The molecule has 1 aromatic heterocycles. The van der Waals surface area contributed by atoms with Crippen LogP contribution in [0.3, 0.4) is 0 Å². The molecule has 2 heteroatoms. The van der Waals surface area contributed by atoms with Crippen molar-refractivity contribution in [1.29, 1.82) is 0 Å². The molecule has 0 spiro atoms. The summed E-state index contributed by atoms with van der Waals surface area (Å²) in [6, 6.07) is 59.6. The smallest absolute Gasteiger partial charge is 0.136 e. The van der Waals surface area contributed by atoms with Crippen LogP contribution in [0.4, 0.5) is 17.1 Å². The number of furan rings is 1. The molecule has 1 heterocycles. The molecule has 0 amide bonds. The van der Waals surface area contributed by atoms with Crippen LogP contribution in [0.25, 0.3) is 65.7 Å². The molecule has 0 N–H and O–H groups in total. The van der Waals surface area contributed by atoms with Gasteiger partial charge in [0, 0.05) is 33.1 Å². The van der Waals surface area contributed by atoms with E-state index < -0.39 is 0 Å². The highest BCUT2D eigenvalue weighted by Crippen LogP contribution is 2.54. The molecule has 1 aliphatic rings. The summed E-state index contributed by atoms with van der Waals surface area (Å²) in [5.74, 6) is 0. The minimum atomic E-state index is -0.101. The number of benzene rings is 8. The Balaban J connectivity index is 1.23. The number of nitrogens with zero attached hydrogens (tertiary/aromatic N) is 1. The van der Waals surface area contributed by atoms with Gasteiger partial charge in [0.15, 0.2) is 0 Å². The molecule has 0 saturated heterocycles. The van der Waals surface area contributed by atoms with E-state index in [4.69, 9.17) is 4.42 Å². The van der Waals surface area contributed by atoms with Crippen LogP contribution in [0, 0.1) is 0 Å². The second kappa shape index (κ2) is 10.4. The van der Waals surface area contributed by atoms with Crippen molar-refractivity contribution in [3.8, 4) is 22.3 Å². The Kier molecular flexibility index (Phi) is 5.95. The quantitative estimate of drug-likeness (QED) is 0.193. The molecular formula is C47H33NO. The van der Waals surface area contributed by atoms with Gasteiger partial charge in [-0.3, -0.25) is 0 Å².